The van der Waals surface area contributed by atoms with Gasteiger partial charge in [-0.3, -0.25) is 4.79 Å². The molecule has 1 aromatic carbocycles. The van der Waals surface area contributed by atoms with Crippen molar-refractivity contribution in [1.29, 1.82) is 0 Å². The number of hydrogen-bond donors (Lipinski definition) is 1. The van der Waals surface area contributed by atoms with Crippen LogP contribution in [-0.4, -0.2) is 20.9 Å². The third kappa shape index (κ3) is 2.91. The zero-order valence-corrected chi connectivity index (χ0v) is 10.1. The van der Waals surface area contributed by atoms with Crippen LogP contribution >= 0.6 is 0 Å². The number of carboxylic acids is 1. The monoisotopic (exact) mass is 302 g/mol. The lowest BCUT2D eigenvalue weighted by Gasteiger charge is -2.11. The van der Waals surface area contributed by atoms with E-state index in [4.69, 9.17) is 5.11 Å². The lowest BCUT2D eigenvalue weighted by atomic mass is 10.2. The van der Waals surface area contributed by atoms with Crippen molar-refractivity contribution in [1.82, 2.24) is 9.78 Å². The van der Waals surface area contributed by atoms with Gasteiger partial charge in [-0.1, -0.05) is 0 Å². The summed E-state index contributed by atoms with van der Waals surface area (Å²) < 4.78 is 51.7. The molecule has 0 aliphatic carbocycles. The topological polar surface area (TPSA) is 72.2 Å². The summed E-state index contributed by atoms with van der Waals surface area (Å²) in [6.07, 6.45) is -3.92. The standard InChI is InChI=1S/C12H6F4N2O3/c13-8-2-1-6(5-7(8)12(14,15)16)18-4-3-9(19)10(17-18)11(20)21/h1-5H,(H,20,21). The summed E-state index contributed by atoms with van der Waals surface area (Å²) in [5, 5.41) is 12.2. The molecule has 1 aromatic heterocycles. The summed E-state index contributed by atoms with van der Waals surface area (Å²) in [4.78, 5) is 22.0. The van der Waals surface area contributed by atoms with Crippen molar-refractivity contribution in [3.63, 3.8) is 0 Å². The van der Waals surface area contributed by atoms with Gasteiger partial charge in [-0.15, -0.1) is 0 Å². The molecular formula is C12H6F4N2O3. The first-order valence-electron chi connectivity index (χ1n) is 5.40. The van der Waals surface area contributed by atoms with Crippen molar-refractivity contribution in [2.45, 2.75) is 6.18 Å². The third-order valence-electron chi connectivity index (χ3n) is 2.53. The number of carbonyl (C=O) groups is 1. The van der Waals surface area contributed by atoms with E-state index in [1.807, 2.05) is 0 Å². The van der Waals surface area contributed by atoms with Gasteiger partial charge in [0.15, 0.2) is 0 Å². The van der Waals surface area contributed by atoms with E-state index in [-0.39, 0.29) is 5.69 Å². The van der Waals surface area contributed by atoms with Crippen molar-refractivity contribution >= 4 is 5.97 Å². The van der Waals surface area contributed by atoms with Gasteiger partial charge in [0.25, 0.3) is 0 Å². The second-order valence-electron chi connectivity index (χ2n) is 3.94. The van der Waals surface area contributed by atoms with E-state index in [2.05, 4.69) is 5.10 Å². The van der Waals surface area contributed by atoms with E-state index in [9.17, 15) is 27.2 Å². The van der Waals surface area contributed by atoms with Crippen LogP contribution in [0.4, 0.5) is 17.6 Å². The van der Waals surface area contributed by atoms with Gasteiger partial charge in [-0.2, -0.15) is 18.3 Å². The van der Waals surface area contributed by atoms with Crippen LogP contribution in [0, 0.1) is 5.82 Å². The molecule has 0 saturated carbocycles. The first-order valence-corrected chi connectivity index (χ1v) is 5.40. The minimum atomic E-state index is -4.91. The lowest BCUT2D eigenvalue weighted by molar-refractivity contribution is -0.140. The van der Waals surface area contributed by atoms with Crippen LogP contribution < -0.4 is 5.43 Å². The van der Waals surface area contributed by atoms with Gasteiger partial charge in [0, 0.05) is 12.3 Å². The van der Waals surface area contributed by atoms with Crippen LogP contribution in [0.25, 0.3) is 5.69 Å². The van der Waals surface area contributed by atoms with Crippen LogP contribution in [0.5, 0.6) is 0 Å². The molecule has 0 fully saturated rings. The SMILES string of the molecule is O=C(O)c1nn(-c2ccc(F)c(C(F)(F)F)c2)ccc1=O. The Labute approximate surface area is 114 Å². The van der Waals surface area contributed by atoms with Crippen LogP contribution in [0.1, 0.15) is 16.1 Å². The molecule has 0 atom stereocenters. The summed E-state index contributed by atoms with van der Waals surface area (Å²) in [6, 6.07) is 2.87. The molecule has 9 heteroatoms. The van der Waals surface area contributed by atoms with Crippen LogP contribution in [-0.2, 0) is 6.18 Å². The van der Waals surface area contributed by atoms with E-state index in [1.54, 1.807) is 0 Å². The molecule has 0 unspecified atom stereocenters. The number of aromatic nitrogens is 2. The molecule has 2 aromatic rings. The summed E-state index contributed by atoms with van der Waals surface area (Å²) in [5.74, 6) is -3.08. The third-order valence-corrected chi connectivity index (χ3v) is 2.53. The summed E-state index contributed by atoms with van der Waals surface area (Å²) in [6.45, 7) is 0. The molecule has 110 valence electrons. The molecule has 0 bridgehead atoms. The number of rotatable bonds is 2. The second-order valence-corrected chi connectivity index (χ2v) is 3.94. The van der Waals surface area contributed by atoms with Crippen molar-refractivity contribution < 1.29 is 27.5 Å². The fraction of sp³-hybridized carbons (Fsp3) is 0.0833. The number of carboxylic acid groups (broad SMARTS) is 1. The van der Waals surface area contributed by atoms with Gasteiger partial charge in [-0.25, -0.2) is 13.9 Å². The molecule has 5 nitrogen and oxygen atoms in total. The number of aromatic carboxylic acids is 1. The van der Waals surface area contributed by atoms with Gasteiger partial charge in [-0.05, 0) is 18.2 Å². The molecular weight excluding hydrogens is 296 g/mol. The predicted octanol–water partition coefficient (Wildman–Crippen LogP) is 2.09. The molecule has 1 N–H and O–H groups in total. The van der Waals surface area contributed by atoms with Gasteiger partial charge in [0.05, 0.1) is 11.3 Å². The highest BCUT2D eigenvalue weighted by molar-refractivity contribution is 5.84. The van der Waals surface area contributed by atoms with Gasteiger partial charge < -0.3 is 5.11 Å². The number of halogens is 4. The summed E-state index contributed by atoms with van der Waals surface area (Å²) >= 11 is 0. The highest BCUT2D eigenvalue weighted by Crippen LogP contribution is 2.32. The van der Waals surface area contributed by atoms with Crippen molar-refractivity contribution in [3.05, 3.63) is 57.8 Å². The van der Waals surface area contributed by atoms with Crippen LogP contribution in [0.3, 0.4) is 0 Å². The smallest absolute Gasteiger partial charge is 0.419 e. The largest absolute Gasteiger partial charge is 0.476 e. The maximum atomic E-state index is 13.2. The maximum absolute atomic E-state index is 13.2. The Morgan fingerprint density at radius 1 is 1.24 bits per heavy atom. The number of alkyl halides is 3. The van der Waals surface area contributed by atoms with E-state index < -0.39 is 34.6 Å². The normalized spacial score (nSPS) is 11.4. The first-order chi connectivity index (χ1) is 9.70. The van der Waals surface area contributed by atoms with E-state index in [0.29, 0.717) is 12.1 Å². The van der Waals surface area contributed by atoms with Crippen LogP contribution in [0.2, 0.25) is 0 Å². The summed E-state index contributed by atoms with van der Waals surface area (Å²) in [7, 11) is 0. The Morgan fingerprint density at radius 2 is 1.90 bits per heavy atom. The molecule has 0 amide bonds. The zero-order chi connectivity index (χ0) is 15.8. The molecule has 2 rings (SSSR count). The minimum absolute atomic E-state index is 0.230. The summed E-state index contributed by atoms with van der Waals surface area (Å²) in [5.41, 5.74) is -3.49. The fourth-order valence-corrected chi connectivity index (χ4v) is 1.57. The molecule has 0 spiro atoms. The number of nitrogens with zero attached hydrogens (tertiary/aromatic N) is 2. The predicted molar refractivity (Wildman–Crippen MR) is 61.8 cm³/mol. The first kappa shape index (κ1) is 14.7. The zero-order valence-electron chi connectivity index (χ0n) is 10.1. The van der Waals surface area contributed by atoms with Crippen molar-refractivity contribution in [3.8, 4) is 5.69 Å². The fourth-order valence-electron chi connectivity index (χ4n) is 1.57. The van der Waals surface area contributed by atoms with Crippen LogP contribution in [0.15, 0.2) is 35.3 Å². The van der Waals surface area contributed by atoms with E-state index >= 15 is 0 Å². The quantitative estimate of drug-likeness (QED) is 0.862. The number of benzene rings is 1. The Balaban J connectivity index is 2.61. The highest BCUT2D eigenvalue weighted by atomic mass is 19.4. The molecule has 21 heavy (non-hydrogen) atoms. The molecule has 0 radical (unpaired) electrons. The second kappa shape index (κ2) is 5.00. The Kier molecular flexibility index (Phi) is 3.50. The molecule has 0 aliphatic heterocycles. The van der Waals surface area contributed by atoms with Crippen molar-refractivity contribution in [2.75, 3.05) is 0 Å². The van der Waals surface area contributed by atoms with Gasteiger partial charge in [0.2, 0.25) is 11.1 Å². The lowest BCUT2D eigenvalue weighted by Crippen LogP contribution is -2.20. The van der Waals surface area contributed by atoms with Gasteiger partial charge in [0.1, 0.15) is 5.82 Å². The molecule has 1 heterocycles. The average Bonchev–Trinajstić information content (AvgIpc) is 2.38. The average molecular weight is 302 g/mol. The maximum Gasteiger partial charge on any atom is 0.419 e. The van der Waals surface area contributed by atoms with Crippen molar-refractivity contribution in [2.24, 2.45) is 0 Å². The van der Waals surface area contributed by atoms with E-state index in [1.165, 1.54) is 0 Å². The Hall–Kier alpha value is -2.71. The highest BCUT2D eigenvalue weighted by Gasteiger charge is 2.34. The van der Waals surface area contributed by atoms with Gasteiger partial charge >= 0.3 is 12.1 Å². The molecule has 0 saturated heterocycles. The molecule has 0 aliphatic rings. The van der Waals surface area contributed by atoms with E-state index in [0.717, 1.165) is 23.0 Å². The Morgan fingerprint density at radius 3 is 2.48 bits per heavy atom. The Bertz CT molecular complexity index is 768. The minimum Gasteiger partial charge on any atom is -0.476 e. The number of hydrogen-bond acceptors (Lipinski definition) is 3.